The molecule has 0 aliphatic heterocycles. The highest BCUT2D eigenvalue weighted by molar-refractivity contribution is 7.99. The van der Waals surface area contributed by atoms with Crippen molar-refractivity contribution in [3.8, 4) is 0 Å². The molecule has 3 nitrogen and oxygen atoms in total. The van der Waals surface area contributed by atoms with Gasteiger partial charge in [0.2, 0.25) is 0 Å². The maximum atomic E-state index is 13.3. The summed E-state index contributed by atoms with van der Waals surface area (Å²) in [5, 5.41) is 1.37. The van der Waals surface area contributed by atoms with Crippen LogP contribution < -0.4 is 0 Å². The SMILES string of the molecule is CCOC(=O)c1c(SCC)nc2cc(F)ccc2c1C. The summed E-state index contributed by atoms with van der Waals surface area (Å²) in [6, 6.07) is 4.41. The third kappa shape index (κ3) is 2.77. The summed E-state index contributed by atoms with van der Waals surface area (Å²) in [7, 11) is 0. The minimum absolute atomic E-state index is 0.315. The fourth-order valence-electron chi connectivity index (χ4n) is 2.06. The predicted molar refractivity (Wildman–Crippen MR) is 78.8 cm³/mol. The maximum Gasteiger partial charge on any atom is 0.341 e. The third-order valence-electron chi connectivity index (χ3n) is 2.94. The number of aromatic nitrogens is 1. The van der Waals surface area contributed by atoms with Crippen LogP contribution in [-0.2, 0) is 4.74 Å². The zero-order valence-electron chi connectivity index (χ0n) is 11.7. The van der Waals surface area contributed by atoms with Crippen LogP contribution in [0.2, 0.25) is 0 Å². The van der Waals surface area contributed by atoms with Crippen LogP contribution in [0.5, 0.6) is 0 Å². The monoisotopic (exact) mass is 293 g/mol. The molecule has 0 N–H and O–H groups in total. The Hall–Kier alpha value is -1.62. The second-order valence-electron chi connectivity index (χ2n) is 4.23. The van der Waals surface area contributed by atoms with Gasteiger partial charge in [0.25, 0.3) is 0 Å². The number of benzene rings is 1. The number of carbonyl (C=O) groups is 1. The van der Waals surface area contributed by atoms with E-state index in [2.05, 4.69) is 4.98 Å². The number of hydrogen-bond acceptors (Lipinski definition) is 4. The largest absolute Gasteiger partial charge is 0.462 e. The molecule has 0 bridgehead atoms. The Morgan fingerprint density at radius 3 is 2.80 bits per heavy atom. The third-order valence-corrected chi connectivity index (χ3v) is 3.79. The summed E-state index contributed by atoms with van der Waals surface area (Å²) in [6.07, 6.45) is 0. The molecule has 2 aromatic rings. The molecule has 0 unspecified atom stereocenters. The Bertz CT molecular complexity index is 658. The van der Waals surface area contributed by atoms with E-state index in [4.69, 9.17) is 4.74 Å². The molecule has 0 aliphatic carbocycles. The van der Waals surface area contributed by atoms with Gasteiger partial charge in [0.1, 0.15) is 10.8 Å². The minimum atomic E-state index is -0.375. The van der Waals surface area contributed by atoms with E-state index in [9.17, 15) is 9.18 Å². The summed E-state index contributed by atoms with van der Waals surface area (Å²) in [6.45, 7) is 5.90. The van der Waals surface area contributed by atoms with E-state index in [0.717, 1.165) is 16.7 Å². The molecule has 2 rings (SSSR count). The first-order valence-corrected chi connectivity index (χ1v) is 7.46. The Labute approximate surface area is 121 Å². The summed E-state index contributed by atoms with van der Waals surface area (Å²) >= 11 is 1.46. The second-order valence-corrected chi connectivity index (χ2v) is 5.48. The van der Waals surface area contributed by atoms with E-state index in [1.807, 2.05) is 13.8 Å². The lowest BCUT2D eigenvalue weighted by Gasteiger charge is -2.13. The van der Waals surface area contributed by atoms with Gasteiger partial charge >= 0.3 is 5.97 Å². The molecule has 106 valence electrons. The quantitative estimate of drug-likeness (QED) is 0.631. The van der Waals surface area contributed by atoms with Crippen LogP contribution >= 0.6 is 11.8 Å². The van der Waals surface area contributed by atoms with E-state index < -0.39 is 0 Å². The fourth-order valence-corrected chi connectivity index (χ4v) is 2.88. The van der Waals surface area contributed by atoms with Gasteiger partial charge in [-0.2, -0.15) is 0 Å². The van der Waals surface area contributed by atoms with Crippen LogP contribution in [-0.4, -0.2) is 23.3 Å². The van der Waals surface area contributed by atoms with Crippen LogP contribution in [0.25, 0.3) is 10.9 Å². The van der Waals surface area contributed by atoms with Crippen molar-refractivity contribution in [3.05, 3.63) is 35.1 Å². The summed E-state index contributed by atoms with van der Waals surface area (Å²) in [5.74, 6) is 0.0695. The van der Waals surface area contributed by atoms with Crippen molar-refractivity contribution in [1.29, 1.82) is 0 Å². The molecule has 0 atom stereocenters. The van der Waals surface area contributed by atoms with Crippen LogP contribution in [0.3, 0.4) is 0 Å². The molecule has 0 saturated heterocycles. The first kappa shape index (κ1) is 14.8. The van der Waals surface area contributed by atoms with E-state index in [0.29, 0.717) is 22.7 Å². The molecule has 0 saturated carbocycles. The van der Waals surface area contributed by atoms with Gasteiger partial charge < -0.3 is 4.74 Å². The van der Waals surface area contributed by atoms with Gasteiger partial charge in [-0.15, -0.1) is 11.8 Å². The molecular weight excluding hydrogens is 277 g/mol. The lowest BCUT2D eigenvalue weighted by atomic mass is 10.1. The second kappa shape index (κ2) is 6.22. The summed E-state index contributed by atoms with van der Waals surface area (Å²) < 4.78 is 18.4. The Kier molecular flexibility index (Phi) is 4.60. The van der Waals surface area contributed by atoms with Crippen molar-refractivity contribution in [2.45, 2.75) is 25.8 Å². The molecule has 0 radical (unpaired) electrons. The molecule has 1 aromatic carbocycles. The van der Waals surface area contributed by atoms with E-state index >= 15 is 0 Å². The Morgan fingerprint density at radius 2 is 2.15 bits per heavy atom. The highest BCUT2D eigenvalue weighted by atomic mass is 32.2. The van der Waals surface area contributed by atoms with E-state index in [1.165, 1.54) is 23.9 Å². The normalized spacial score (nSPS) is 10.8. The number of carbonyl (C=O) groups excluding carboxylic acids is 1. The molecule has 0 spiro atoms. The first-order chi connectivity index (χ1) is 9.58. The first-order valence-electron chi connectivity index (χ1n) is 6.48. The number of rotatable bonds is 4. The van der Waals surface area contributed by atoms with Crippen molar-refractivity contribution in [1.82, 2.24) is 4.98 Å². The molecule has 1 aromatic heterocycles. The average molecular weight is 293 g/mol. The number of ether oxygens (including phenoxy) is 1. The molecule has 0 aliphatic rings. The number of esters is 1. The molecule has 20 heavy (non-hydrogen) atoms. The van der Waals surface area contributed by atoms with Gasteiger partial charge in [0, 0.05) is 11.5 Å². The van der Waals surface area contributed by atoms with Crippen molar-refractivity contribution in [2.75, 3.05) is 12.4 Å². The molecule has 1 heterocycles. The lowest BCUT2D eigenvalue weighted by molar-refractivity contribution is 0.0521. The molecular formula is C15H16FNO2S. The molecule has 0 amide bonds. The number of halogens is 1. The van der Waals surface area contributed by atoms with Crippen LogP contribution in [0.4, 0.5) is 4.39 Å². The zero-order chi connectivity index (χ0) is 14.7. The summed E-state index contributed by atoms with van der Waals surface area (Å²) in [4.78, 5) is 16.5. The van der Waals surface area contributed by atoms with Gasteiger partial charge in [-0.25, -0.2) is 14.2 Å². The van der Waals surface area contributed by atoms with Crippen molar-refractivity contribution >= 4 is 28.6 Å². The van der Waals surface area contributed by atoms with Gasteiger partial charge in [-0.3, -0.25) is 0 Å². The van der Waals surface area contributed by atoms with Crippen LogP contribution in [0, 0.1) is 12.7 Å². The average Bonchev–Trinajstić information content (AvgIpc) is 2.39. The maximum absolute atomic E-state index is 13.3. The van der Waals surface area contributed by atoms with Gasteiger partial charge in [-0.1, -0.05) is 6.92 Å². The van der Waals surface area contributed by atoms with Crippen LogP contribution in [0.1, 0.15) is 29.8 Å². The highest BCUT2D eigenvalue weighted by Gasteiger charge is 2.20. The number of nitrogens with zero attached hydrogens (tertiary/aromatic N) is 1. The lowest BCUT2D eigenvalue weighted by Crippen LogP contribution is -2.10. The van der Waals surface area contributed by atoms with Gasteiger partial charge in [0.15, 0.2) is 0 Å². The standard InChI is InChI=1S/C15H16FNO2S/c1-4-19-15(18)13-9(3)11-7-6-10(16)8-12(11)17-14(13)20-5-2/h6-8H,4-5H2,1-3H3. The number of thioether (sulfide) groups is 1. The zero-order valence-corrected chi connectivity index (χ0v) is 12.5. The number of pyridine rings is 1. The fraction of sp³-hybridized carbons (Fsp3) is 0.333. The minimum Gasteiger partial charge on any atom is -0.462 e. The number of fused-ring (bicyclic) bond motifs is 1. The van der Waals surface area contributed by atoms with Crippen LogP contribution in [0.15, 0.2) is 23.2 Å². The smallest absolute Gasteiger partial charge is 0.341 e. The number of aryl methyl sites for hydroxylation is 1. The van der Waals surface area contributed by atoms with Crippen molar-refractivity contribution in [2.24, 2.45) is 0 Å². The Balaban J connectivity index is 2.69. The van der Waals surface area contributed by atoms with E-state index in [-0.39, 0.29) is 11.8 Å². The predicted octanol–water partition coefficient (Wildman–Crippen LogP) is 3.97. The number of hydrogen-bond donors (Lipinski definition) is 0. The van der Waals surface area contributed by atoms with Gasteiger partial charge in [0.05, 0.1) is 17.7 Å². The van der Waals surface area contributed by atoms with E-state index in [1.54, 1.807) is 13.0 Å². The highest BCUT2D eigenvalue weighted by Crippen LogP contribution is 2.30. The molecule has 5 heteroatoms. The molecule has 0 fully saturated rings. The van der Waals surface area contributed by atoms with Crippen molar-refractivity contribution < 1.29 is 13.9 Å². The Morgan fingerprint density at radius 1 is 1.40 bits per heavy atom. The topological polar surface area (TPSA) is 39.2 Å². The summed E-state index contributed by atoms with van der Waals surface area (Å²) in [5.41, 5.74) is 1.83. The van der Waals surface area contributed by atoms with Crippen molar-refractivity contribution in [3.63, 3.8) is 0 Å². The van der Waals surface area contributed by atoms with Gasteiger partial charge in [-0.05, 0) is 37.3 Å².